The summed E-state index contributed by atoms with van der Waals surface area (Å²) in [5.41, 5.74) is 2.44. The van der Waals surface area contributed by atoms with Crippen molar-refractivity contribution in [3.63, 3.8) is 0 Å². The topological polar surface area (TPSA) is 35.6 Å². The Bertz CT molecular complexity index is 1110. The van der Waals surface area contributed by atoms with E-state index in [-0.39, 0.29) is 36.0 Å². The summed E-state index contributed by atoms with van der Waals surface area (Å²) in [5.74, 6) is -1.15. The van der Waals surface area contributed by atoms with Crippen LogP contribution in [0.3, 0.4) is 0 Å². The van der Waals surface area contributed by atoms with E-state index in [4.69, 9.17) is 0 Å². The van der Waals surface area contributed by atoms with Gasteiger partial charge in [0.15, 0.2) is 0 Å². The molecule has 35 heavy (non-hydrogen) atoms. The van der Waals surface area contributed by atoms with E-state index >= 15 is 0 Å². The van der Waals surface area contributed by atoms with E-state index in [0.29, 0.717) is 31.7 Å². The number of hydrogen-bond acceptors (Lipinski definition) is 3. The molecule has 1 aliphatic rings. The fraction of sp³-hybridized carbons (Fsp3) is 0.296. The molecule has 0 radical (unpaired) electrons. The van der Waals surface area contributed by atoms with Crippen LogP contribution in [0.5, 0.6) is 0 Å². The number of anilines is 1. The van der Waals surface area contributed by atoms with Gasteiger partial charge in [0.2, 0.25) is 5.91 Å². The Morgan fingerprint density at radius 1 is 0.914 bits per heavy atom. The molecule has 0 aliphatic carbocycles. The van der Waals surface area contributed by atoms with Crippen molar-refractivity contribution in [1.29, 1.82) is 0 Å². The van der Waals surface area contributed by atoms with Gasteiger partial charge in [-0.3, -0.25) is 14.6 Å². The van der Waals surface area contributed by atoms with Gasteiger partial charge >= 0.3 is 0 Å². The smallest absolute Gasteiger partial charge is 0.241 e. The van der Waals surface area contributed by atoms with Crippen molar-refractivity contribution in [3.8, 4) is 0 Å². The van der Waals surface area contributed by atoms with Crippen molar-refractivity contribution in [3.05, 3.63) is 101 Å². The molecule has 0 bridgehead atoms. The van der Waals surface area contributed by atoms with Crippen molar-refractivity contribution < 1.29 is 18.0 Å². The lowest BCUT2D eigenvalue weighted by atomic mass is 10.00. The third-order valence-electron chi connectivity index (χ3n) is 6.34. The third kappa shape index (κ3) is 7.31. The zero-order valence-corrected chi connectivity index (χ0v) is 20.3. The molecule has 0 saturated carbocycles. The minimum atomic E-state index is -0.410. The summed E-state index contributed by atoms with van der Waals surface area (Å²) in [7, 11) is 0. The Balaban J connectivity index is 0.00000342. The largest absolute Gasteiger partial charge is 0.325 e. The molecule has 4 rings (SSSR count). The Morgan fingerprint density at radius 2 is 1.54 bits per heavy atom. The number of hydrogen-bond donors (Lipinski definition) is 1. The molecule has 1 amide bonds. The van der Waals surface area contributed by atoms with Crippen LogP contribution in [-0.4, -0.2) is 47.4 Å². The molecule has 2 atom stereocenters. The molecule has 1 heterocycles. The predicted octanol–water partition coefficient (Wildman–Crippen LogP) is 5.28. The highest BCUT2D eigenvalue weighted by Crippen LogP contribution is 2.21. The maximum atomic E-state index is 13.5. The first kappa shape index (κ1) is 26.7. The number of halogens is 4. The second-order valence-corrected chi connectivity index (χ2v) is 8.75. The maximum absolute atomic E-state index is 13.5. The zero-order valence-electron chi connectivity index (χ0n) is 19.5. The van der Waals surface area contributed by atoms with Gasteiger partial charge in [0.05, 0.1) is 6.04 Å². The first-order chi connectivity index (χ1) is 16.4. The molecule has 3 aromatic carbocycles. The van der Waals surface area contributed by atoms with Gasteiger partial charge in [-0.15, -0.1) is 12.4 Å². The Hall–Kier alpha value is -2.87. The molecule has 8 heteroatoms. The number of amides is 1. The fourth-order valence-electron chi connectivity index (χ4n) is 4.37. The Kier molecular flexibility index (Phi) is 9.32. The van der Waals surface area contributed by atoms with Gasteiger partial charge in [0.25, 0.3) is 0 Å². The van der Waals surface area contributed by atoms with Crippen LogP contribution < -0.4 is 5.32 Å². The lowest BCUT2D eigenvalue weighted by Gasteiger charge is -2.43. The third-order valence-corrected chi connectivity index (χ3v) is 6.34. The van der Waals surface area contributed by atoms with E-state index in [0.717, 1.165) is 17.7 Å². The highest BCUT2D eigenvalue weighted by molar-refractivity contribution is 5.94. The molecule has 1 fully saturated rings. The fourth-order valence-corrected chi connectivity index (χ4v) is 4.37. The van der Waals surface area contributed by atoms with E-state index in [1.807, 2.05) is 6.92 Å². The summed E-state index contributed by atoms with van der Waals surface area (Å²) < 4.78 is 40.2. The molecule has 2 unspecified atom stereocenters. The van der Waals surface area contributed by atoms with Crippen LogP contribution in [0.4, 0.5) is 18.9 Å². The van der Waals surface area contributed by atoms with E-state index in [9.17, 15) is 18.0 Å². The van der Waals surface area contributed by atoms with Gasteiger partial charge in [-0.2, -0.15) is 0 Å². The van der Waals surface area contributed by atoms with Gasteiger partial charge in [0.1, 0.15) is 17.5 Å². The van der Waals surface area contributed by atoms with E-state index in [2.05, 4.69) is 15.1 Å². The first-order valence-electron chi connectivity index (χ1n) is 11.4. The number of carbonyl (C=O) groups excluding carboxylic acids is 1. The molecular weight excluding hydrogens is 475 g/mol. The van der Waals surface area contributed by atoms with Crippen molar-refractivity contribution >= 4 is 24.0 Å². The van der Waals surface area contributed by atoms with Crippen LogP contribution in [0.15, 0.2) is 72.8 Å². The van der Waals surface area contributed by atoms with Gasteiger partial charge in [0, 0.05) is 37.9 Å². The van der Waals surface area contributed by atoms with Gasteiger partial charge in [-0.1, -0.05) is 30.3 Å². The minimum absolute atomic E-state index is 0. The molecule has 1 saturated heterocycles. The van der Waals surface area contributed by atoms with Crippen LogP contribution >= 0.6 is 12.4 Å². The SMILES string of the molecule is CC(C(=O)Nc1cccc(F)c1)N1CCN(Cc2ccc(F)cc2)C(Cc2ccc(F)cc2)C1.Cl. The van der Waals surface area contributed by atoms with Gasteiger partial charge in [-0.25, -0.2) is 13.2 Å². The van der Waals surface area contributed by atoms with Crippen LogP contribution in [0.2, 0.25) is 0 Å². The van der Waals surface area contributed by atoms with Crippen molar-refractivity contribution in [2.24, 2.45) is 0 Å². The molecule has 3 aromatic rings. The van der Waals surface area contributed by atoms with Crippen LogP contribution in [0.25, 0.3) is 0 Å². The molecule has 186 valence electrons. The van der Waals surface area contributed by atoms with Crippen LogP contribution in [0, 0.1) is 17.5 Å². The average Bonchev–Trinajstić information content (AvgIpc) is 2.82. The Morgan fingerprint density at radius 3 is 2.17 bits per heavy atom. The van der Waals surface area contributed by atoms with Crippen molar-refractivity contribution in [2.75, 3.05) is 25.0 Å². The van der Waals surface area contributed by atoms with Gasteiger partial charge < -0.3 is 5.32 Å². The van der Waals surface area contributed by atoms with Crippen molar-refractivity contribution in [2.45, 2.75) is 32.0 Å². The summed E-state index contributed by atoms with van der Waals surface area (Å²) in [4.78, 5) is 17.3. The maximum Gasteiger partial charge on any atom is 0.241 e. The molecule has 1 N–H and O–H groups in total. The lowest BCUT2D eigenvalue weighted by molar-refractivity contribution is -0.122. The summed E-state index contributed by atoms with van der Waals surface area (Å²) in [6, 6.07) is 18.5. The normalized spacial score (nSPS) is 17.4. The number of piperazine rings is 1. The average molecular weight is 504 g/mol. The predicted molar refractivity (Wildman–Crippen MR) is 134 cm³/mol. The highest BCUT2D eigenvalue weighted by Gasteiger charge is 2.32. The molecule has 4 nitrogen and oxygen atoms in total. The molecule has 1 aliphatic heterocycles. The standard InChI is InChI=1S/C27H28F3N3O.ClH/c1-19(27(34)31-25-4-2-3-24(30)16-25)32-13-14-33(17-21-7-11-23(29)12-8-21)26(18-32)15-20-5-9-22(28)10-6-20;/h2-12,16,19,26H,13-15,17-18H2,1H3,(H,31,34);1H. The summed E-state index contributed by atoms with van der Waals surface area (Å²) >= 11 is 0. The number of carbonyl (C=O) groups is 1. The molecule has 0 spiro atoms. The first-order valence-corrected chi connectivity index (χ1v) is 11.4. The number of nitrogens with one attached hydrogen (secondary N) is 1. The summed E-state index contributed by atoms with van der Waals surface area (Å²) in [5, 5.41) is 2.80. The Labute approximate surface area is 210 Å². The highest BCUT2D eigenvalue weighted by atomic mass is 35.5. The van der Waals surface area contributed by atoms with Crippen LogP contribution in [0.1, 0.15) is 18.1 Å². The monoisotopic (exact) mass is 503 g/mol. The summed E-state index contributed by atoms with van der Waals surface area (Å²) in [6.45, 7) is 4.54. The van der Waals surface area contributed by atoms with E-state index in [1.54, 1.807) is 36.4 Å². The lowest BCUT2D eigenvalue weighted by Crippen LogP contribution is -2.57. The van der Waals surface area contributed by atoms with Gasteiger partial charge in [-0.05, 0) is 66.9 Å². The molecule has 0 aromatic heterocycles. The van der Waals surface area contributed by atoms with E-state index in [1.165, 1.54) is 36.4 Å². The number of benzene rings is 3. The second-order valence-electron chi connectivity index (χ2n) is 8.75. The second kappa shape index (κ2) is 12.2. The number of nitrogens with zero attached hydrogens (tertiary/aromatic N) is 2. The van der Waals surface area contributed by atoms with Crippen LogP contribution in [-0.2, 0) is 17.8 Å². The molecular formula is C27H29ClF3N3O. The minimum Gasteiger partial charge on any atom is -0.325 e. The van der Waals surface area contributed by atoms with E-state index < -0.39 is 11.9 Å². The summed E-state index contributed by atoms with van der Waals surface area (Å²) in [6.07, 6.45) is 0.691. The quantitative estimate of drug-likeness (QED) is 0.476. The zero-order chi connectivity index (χ0) is 24.1. The number of rotatable bonds is 7. The van der Waals surface area contributed by atoms with Crippen molar-refractivity contribution in [1.82, 2.24) is 9.80 Å².